The number of amides is 2. The van der Waals surface area contributed by atoms with Crippen LogP contribution in [0.5, 0.6) is 11.5 Å². The Bertz CT molecular complexity index is 2200. The lowest BCUT2D eigenvalue weighted by atomic mass is 9.91. The van der Waals surface area contributed by atoms with Crippen molar-refractivity contribution in [3.05, 3.63) is 77.3 Å². The summed E-state index contributed by atoms with van der Waals surface area (Å²) in [4.78, 5) is 46.9. The monoisotopic (exact) mass is 709 g/mol. The molecule has 3 heterocycles. The SMILES string of the molecule is COc1ccc2c(c1)[C@]1(C[C@H]1c1ccc3c(Nc4cc(-c5nccs5)ccc4OC)nn(C(=O)OC(C)(C)C)c3c1)C(=O)N2C(=O)OC(C)(C)C. The number of carbonyl (C=O) groups excluding carboxylic acids is 3. The van der Waals surface area contributed by atoms with Crippen LogP contribution in [0.25, 0.3) is 21.5 Å². The first-order valence-electron chi connectivity index (χ1n) is 16.5. The lowest BCUT2D eigenvalue weighted by Gasteiger charge is -2.24. The van der Waals surface area contributed by atoms with Crippen LogP contribution < -0.4 is 19.7 Å². The maximum Gasteiger partial charge on any atom is 0.435 e. The van der Waals surface area contributed by atoms with E-state index >= 15 is 0 Å². The smallest absolute Gasteiger partial charge is 0.435 e. The number of methoxy groups -OCH3 is 2. The highest BCUT2D eigenvalue weighted by molar-refractivity contribution is 7.13. The van der Waals surface area contributed by atoms with E-state index in [9.17, 15) is 14.4 Å². The number of aromatic nitrogens is 3. The van der Waals surface area contributed by atoms with Crippen molar-refractivity contribution < 1.29 is 33.3 Å². The maximum absolute atomic E-state index is 14.3. The molecule has 1 saturated carbocycles. The highest BCUT2D eigenvalue weighted by atomic mass is 32.1. The fourth-order valence-electron chi connectivity index (χ4n) is 6.62. The quantitative estimate of drug-likeness (QED) is 0.183. The summed E-state index contributed by atoms with van der Waals surface area (Å²) >= 11 is 1.52. The molecule has 264 valence electrons. The van der Waals surface area contributed by atoms with E-state index in [2.05, 4.69) is 10.3 Å². The predicted octanol–water partition coefficient (Wildman–Crippen LogP) is 8.41. The molecule has 0 saturated heterocycles. The van der Waals surface area contributed by atoms with Crippen molar-refractivity contribution in [3.8, 4) is 22.1 Å². The topological polar surface area (TPSA) is 134 Å². The van der Waals surface area contributed by atoms with Crippen molar-refractivity contribution in [1.82, 2.24) is 14.8 Å². The summed E-state index contributed by atoms with van der Waals surface area (Å²) in [5.74, 6) is 0.892. The van der Waals surface area contributed by atoms with Crippen molar-refractivity contribution in [2.45, 2.75) is 70.5 Å². The van der Waals surface area contributed by atoms with Gasteiger partial charge in [-0.2, -0.15) is 4.68 Å². The molecule has 51 heavy (non-hydrogen) atoms. The molecule has 1 aliphatic carbocycles. The summed E-state index contributed by atoms with van der Waals surface area (Å²) in [7, 11) is 3.14. The molecule has 0 radical (unpaired) electrons. The molecule has 1 aliphatic heterocycles. The van der Waals surface area contributed by atoms with Gasteiger partial charge in [-0.3, -0.25) is 4.79 Å². The first-order chi connectivity index (χ1) is 24.1. The van der Waals surface area contributed by atoms with Gasteiger partial charge in [-0.15, -0.1) is 16.4 Å². The third-order valence-corrected chi connectivity index (χ3v) is 9.67. The molecule has 2 atom stereocenters. The zero-order valence-corrected chi connectivity index (χ0v) is 30.5. The average Bonchev–Trinajstić information content (AvgIpc) is 3.30. The molecule has 0 bridgehead atoms. The number of nitrogens with one attached hydrogen (secondary N) is 1. The van der Waals surface area contributed by atoms with Crippen molar-refractivity contribution in [2.24, 2.45) is 0 Å². The van der Waals surface area contributed by atoms with Gasteiger partial charge in [-0.1, -0.05) is 6.07 Å². The molecule has 2 aliphatic rings. The fourth-order valence-corrected chi connectivity index (χ4v) is 7.26. The van der Waals surface area contributed by atoms with Gasteiger partial charge in [0.2, 0.25) is 5.91 Å². The van der Waals surface area contributed by atoms with Gasteiger partial charge in [0.1, 0.15) is 27.7 Å². The largest absolute Gasteiger partial charge is 0.497 e. The number of thiazole rings is 1. The van der Waals surface area contributed by atoms with Gasteiger partial charge in [0.15, 0.2) is 5.82 Å². The van der Waals surface area contributed by atoms with Gasteiger partial charge in [0, 0.05) is 28.4 Å². The molecule has 1 fully saturated rings. The van der Waals surface area contributed by atoms with Crippen LogP contribution >= 0.6 is 11.3 Å². The molecule has 1 N–H and O–H groups in total. The van der Waals surface area contributed by atoms with Crippen LogP contribution in [0.3, 0.4) is 0 Å². The van der Waals surface area contributed by atoms with Crippen LogP contribution in [0.2, 0.25) is 0 Å². The Morgan fingerprint density at radius 1 is 0.922 bits per heavy atom. The molecule has 7 rings (SSSR count). The zero-order valence-electron chi connectivity index (χ0n) is 29.7. The molecular formula is C38H39N5O7S. The normalized spacial score (nSPS) is 18.2. The second kappa shape index (κ2) is 12.1. The predicted molar refractivity (Wildman–Crippen MR) is 194 cm³/mol. The summed E-state index contributed by atoms with van der Waals surface area (Å²) in [6.07, 6.45) is 0.807. The van der Waals surface area contributed by atoms with E-state index in [-0.39, 0.29) is 11.8 Å². The molecule has 2 aromatic heterocycles. The van der Waals surface area contributed by atoms with E-state index in [1.807, 2.05) is 47.8 Å². The fraction of sp³-hybridized carbons (Fsp3) is 0.342. The number of fused-ring (bicyclic) bond motifs is 3. The van der Waals surface area contributed by atoms with Crippen molar-refractivity contribution >= 4 is 57.5 Å². The summed E-state index contributed by atoms with van der Waals surface area (Å²) < 4.78 is 23.8. The minimum absolute atomic E-state index is 0.304. The van der Waals surface area contributed by atoms with E-state index in [1.165, 1.54) is 16.0 Å². The molecule has 2 amide bonds. The first-order valence-corrected chi connectivity index (χ1v) is 17.4. The molecule has 1 spiro atoms. The van der Waals surface area contributed by atoms with Crippen LogP contribution in [0.1, 0.15) is 65.0 Å². The van der Waals surface area contributed by atoms with Crippen LogP contribution in [-0.4, -0.2) is 58.3 Å². The van der Waals surface area contributed by atoms with E-state index < -0.39 is 28.8 Å². The number of imide groups is 1. The molecule has 13 heteroatoms. The van der Waals surface area contributed by atoms with E-state index in [0.717, 1.165) is 21.0 Å². The Morgan fingerprint density at radius 3 is 2.33 bits per heavy atom. The number of benzene rings is 3. The number of rotatable bonds is 6. The average molecular weight is 710 g/mol. The standard InChI is InChI=1S/C38H39N5O7S/c1-36(2,3)49-34(45)42-28-13-11-23(47-7)19-25(28)38(33(42)44)20-26(38)21-9-12-24-29(18-21)43(35(46)50-37(4,5)6)41-31(24)40-27-17-22(10-14-30(27)48-8)32-39-15-16-51-32/h9-19,26H,20H2,1-8H3,(H,40,41)/t26-,38-/m0/s1. The van der Waals surface area contributed by atoms with Gasteiger partial charge < -0.3 is 24.3 Å². The number of anilines is 3. The summed E-state index contributed by atoms with van der Waals surface area (Å²) in [5, 5.41) is 11.5. The van der Waals surface area contributed by atoms with Gasteiger partial charge in [-0.05, 0) is 108 Å². The molecule has 3 aromatic carbocycles. The van der Waals surface area contributed by atoms with E-state index in [0.29, 0.717) is 51.6 Å². The van der Waals surface area contributed by atoms with Crippen molar-refractivity contribution in [3.63, 3.8) is 0 Å². The second-order valence-corrected chi connectivity index (χ2v) is 15.5. The van der Waals surface area contributed by atoms with E-state index in [4.69, 9.17) is 24.0 Å². The van der Waals surface area contributed by atoms with Crippen LogP contribution in [-0.2, 0) is 19.7 Å². The zero-order chi connectivity index (χ0) is 36.5. The van der Waals surface area contributed by atoms with Crippen LogP contribution in [0.4, 0.5) is 26.8 Å². The lowest BCUT2D eigenvalue weighted by molar-refractivity contribution is -0.120. The molecular weight excluding hydrogens is 671 g/mol. The van der Waals surface area contributed by atoms with Crippen molar-refractivity contribution in [2.75, 3.05) is 24.4 Å². The minimum atomic E-state index is -1.02. The Hall–Kier alpha value is -5.43. The number of ether oxygens (including phenoxy) is 4. The summed E-state index contributed by atoms with van der Waals surface area (Å²) in [6, 6.07) is 16.6. The maximum atomic E-state index is 14.3. The van der Waals surface area contributed by atoms with Gasteiger partial charge in [0.25, 0.3) is 0 Å². The second-order valence-electron chi connectivity index (χ2n) is 14.6. The Labute approximate surface area is 299 Å². The van der Waals surface area contributed by atoms with Crippen molar-refractivity contribution in [1.29, 1.82) is 0 Å². The highest BCUT2D eigenvalue weighted by Crippen LogP contribution is 2.67. The molecule has 0 unspecified atom stereocenters. The number of hydrogen-bond donors (Lipinski definition) is 1. The van der Waals surface area contributed by atoms with Crippen LogP contribution in [0, 0.1) is 0 Å². The van der Waals surface area contributed by atoms with Gasteiger partial charge in [0.05, 0.1) is 36.5 Å². The number of hydrogen-bond acceptors (Lipinski definition) is 11. The minimum Gasteiger partial charge on any atom is -0.497 e. The third-order valence-electron chi connectivity index (χ3n) is 8.85. The Kier molecular flexibility index (Phi) is 8.09. The lowest BCUT2D eigenvalue weighted by Crippen LogP contribution is -2.41. The van der Waals surface area contributed by atoms with Gasteiger partial charge >= 0.3 is 12.2 Å². The number of carbonyl (C=O) groups is 3. The van der Waals surface area contributed by atoms with Gasteiger partial charge in [-0.25, -0.2) is 19.5 Å². The summed E-state index contributed by atoms with van der Waals surface area (Å²) in [5.41, 5.74) is 1.38. The molecule has 5 aromatic rings. The Balaban J connectivity index is 1.31. The highest BCUT2D eigenvalue weighted by Gasteiger charge is 2.68. The van der Waals surface area contributed by atoms with E-state index in [1.54, 1.807) is 74.1 Å². The third kappa shape index (κ3) is 6.05. The van der Waals surface area contributed by atoms with Crippen LogP contribution in [0.15, 0.2) is 66.2 Å². The summed E-state index contributed by atoms with van der Waals surface area (Å²) in [6.45, 7) is 10.6. The first kappa shape index (κ1) is 34.0. The number of nitrogens with zero attached hydrogens (tertiary/aromatic N) is 4. The Morgan fingerprint density at radius 2 is 1.67 bits per heavy atom. The molecule has 12 nitrogen and oxygen atoms in total.